The van der Waals surface area contributed by atoms with E-state index >= 15 is 0 Å². The van der Waals surface area contributed by atoms with Crippen molar-refractivity contribution in [2.45, 2.75) is 0 Å². The standard InChI is InChI=1S/3Ce.2La. The molecule has 0 aliphatic heterocycles. The molecule has 5 heavy (non-hydrogen) atoms. The summed E-state index contributed by atoms with van der Waals surface area (Å²) in [6.07, 6.45) is 0. The average Bonchev–Trinajstić information content (AvgIpc) is 0. The van der Waals surface area contributed by atoms with E-state index < -0.39 is 0 Å². The van der Waals surface area contributed by atoms with Crippen molar-refractivity contribution in [3.63, 3.8) is 0 Å². The maximum absolute atomic E-state index is 0. The molecule has 0 heterocycles. The first-order valence-electron chi connectivity index (χ1n) is 0. The molecule has 0 nitrogen and oxygen atoms in total. The second kappa shape index (κ2) is 22.4. The van der Waals surface area contributed by atoms with Crippen LogP contribution in [0.15, 0.2) is 0 Å². The molecule has 0 aromatic carbocycles. The molecule has 0 aliphatic rings. The predicted octanol–water partition coefficient (Wildman–Crippen LogP) is 0. The van der Waals surface area contributed by atoms with Crippen molar-refractivity contribution >= 4 is 0 Å². The fourth-order valence-electron chi connectivity index (χ4n) is 0. The first-order chi connectivity index (χ1) is 0. The van der Waals surface area contributed by atoms with Crippen LogP contribution in [-0.2, 0) is 0 Å². The third-order valence-electron chi connectivity index (χ3n) is 0. The molecule has 0 bridgehead atoms. The Balaban J connectivity index is 0. The summed E-state index contributed by atoms with van der Waals surface area (Å²) >= 11 is 0. The van der Waals surface area contributed by atoms with Crippen LogP contribution in [0, 0.1) is 196 Å². The van der Waals surface area contributed by atoms with Crippen molar-refractivity contribution in [1.29, 1.82) is 0 Å². The molecule has 0 fully saturated rings. The van der Waals surface area contributed by atoms with Crippen molar-refractivity contribution in [2.24, 2.45) is 0 Å². The Kier molecular flexibility index (Phi) is 135. The van der Waals surface area contributed by atoms with Crippen LogP contribution in [0.2, 0.25) is 0 Å². The first kappa shape index (κ1) is 30.0. The van der Waals surface area contributed by atoms with E-state index in [0.717, 1.165) is 0 Å². The molecule has 0 atom stereocenters. The van der Waals surface area contributed by atoms with E-state index in [-0.39, 0.29) is 196 Å². The van der Waals surface area contributed by atoms with E-state index in [0.29, 0.717) is 0 Å². The molecule has 0 amide bonds. The van der Waals surface area contributed by atoms with Gasteiger partial charge in [0.15, 0.2) is 0 Å². The third-order valence-corrected chi connectivity index (χ3v) is 0. The molecular formula is Ce3La2. The summed E-state index contributed by atoms with van der Waals surface area (Å²) in [5.41, 5.74) is 0. The molecule has 0 aliphatic carbocycles. The van der Waals surface area contributed by atoms with E-state index in [2.05, 4.69) is 0 Å². The van der Waals surface area contributed by atoms with Gasteiger partial charge in [0.2, 0.25) is 0 Å². The Morgan fingerprint density at radius 1 is 0.400 bits per heavy atom. The van der Waals surface area contributed by atoms with Gasteiger partial charge in [0.05, 0.1) is 0 Å². The van der Waals surface area contributed by atoms with Gasteiger partial charge in [-0.1, -0.05) is 0 Å². The van der Waals surface area contributed by atoms with Crippen molar-refractivity contribution in [2.75, 3.05) is 0 Å². The van der Waals surface area contributed by atoms with Gasteiger partial charge in [-0.2, -0.15) is 0 Å². The summed E-state index contributed by atoms with van der Waals surface area (Å²) in [4.78, 5) is 0. The van der Waals surface area contributed by atoms with Crippen LogP contribution in [0.1, 0.15) is 0 Å². The zero-order valence-electron chi connectivity index (χ0n) is 2.65. The molecule has 0 unspecified atom stereocenters. The SMILES string of the molecule is [Ce].[Ce].[Ce].[La].[La]. The largest absolute Gasteiger partial charge is 0 e. The molecule has 0 aromatic rings. The second-order valence-corrected chi connectivity index (χ2v) is 0. The minimum absolute atomic E-state index is 0. The van der Waals surface area contributed by atoms with Crippen LogP contribution >= 0.6 is 0 Å². The minimum atomic E-state index is 0. The van der Waals surface area contributed by atoms with E-state index in [1.165, 1.54) is 0 Å². The van der Waals surface area contributed by atoms with Crippen LogP contribution < -0.4 is 0 Å². The summed E-state index contributed by atoms with van der Waals surface area (Å²) in [7, 11) is 0. The number of hydrogen-bond acceptors (Lipinski definition) is 0. The summed E-state index contributed by atoms with van der Waals surface area (Å²) in [5, 5.41) is 0. The van der Waals surface area contributed by atoms with E-state index in [1.807, 2.05) is 0 Å². The van der Waals surface area contributed by atoms with Crippen molar-refractivity contribution in [1.82, 2.24) is 0 Å². The number of rotatable bonds is 0. The zero-order valence-corrected chi connectivity index (χ0v) is 19.3. The van der Waals surface area contributed by atoms with Crippen LogP contribution in [-0.4, -0.2) is 0 Å². The van der Waals surface area contributed by atoms with Crippen LogP contribution in [0.5, 0.6) is 0 Å². The van der Waals surface area contributed by atoms with Gasteiger partial charge >= 0.3 is 0 Å². The van der Waals surface area contributed by atoms with E-state index in [4.69, 9.17) is 0 Å². The molecule has 0 aromatic heterocycles. The first-order valence-corrected chi connectivity index (χ1v) is 0. The summed E-state index contributed by atoms with van der Waals surface area (Å²) < 4.78 is 0. The van der Waals surface area contributed by atoms with Gasteiger partial charge in [0.1, 0.15) is 0 Å². The number of hydrogen-bond donors (Lipinski definition) is 0. The summed E-state index contributed by atoms with van der Waals surface area (Å²) in [5.74, 6) is 0. The Labute approximate surface area is 189 Å². The maximum Gasteiger partial charge on any atom is 0 e. The van der Waals surface area contributed by atoms with Gasteiger partial charge in [-0.05, 0) is 0 Å². The van der Waals surface area contributed by atoms with Gasteiger partial charge in [-0.25, -0.2) is 0 Å². The molecule has 0 N–H and O–H groups in total. The Hall–Kier alpha value is 6.52. The summed E-state index contributed by atoms with van der Waals surface area (Å²) in [6.45, 7) is 0. The monoisotopic (exact) mass is 698 g/mol. The molecule has 0 rings (SSSR count). The Morgan fingerprint density at radius 3 is 0.400 bits per heavy atom. The third kappa shape index (κ3) is 18.0. The van der Waals surface area contributed by atoms with Crippen LogP contribution in [0.25, 0.3) is 0 Å². The minimum Gasteiger partial charge on any atom is 0 e. The van der Waals surface area contributed by atoms with Gasteiger partial charge in [0.25, 0.3) is 0 Å². The van der Waals surface area contributed by atoms with Crippen molar-refractivity contribution < 1.29 is 196 Å². The maximum atomic E-state index is 0. The Morgan fingerprint density at radius 2 is 0.400 bits per heavy atom. The van der Waals surface area contributed by atoms with E-state index in [1.54, 1.807) is 0 Å². The van der Waals surface area contributed by atoms with Crippen LogP contribution in [0.3, 0.4) is 0 Å². The van der Waals surface area contributed by atoms with Crippen molar-refractivity contribution in [3.05, 3.63) is 0 Å². The van der Waals surface area contributed by atoms with Gasteiger partial charge in [-0.15, -0.1) is 0 Å². The zero-order chi connectivity index (χ0) is 0. The molecular weight excluding hydrogens is 698 g/mol. The molecule has 5 heteroatoms. The molecule has 0 saturated carbocycles. The fraction of sp³-hybridized carbons (Fsp3) is 0. The summed E-state index contributed by atoms with van der Waals surface area (Å²) in [6, 6.07) is 0. The predicted molar refractivity (Wildman–Crippen MR) is 0 cm³/mol. The van der Waals surface area contributed by atoms with Gasteiger partial charge in [0, 0.05) is 196 Å². The molecule has 2 radical (unpaired) electrons. The van der Waals surface area contributed by atoms with E-state index in [9.17, 15) is 0 Å². The normalized spacial score (nSPS) is 0. The smallest absolute Gasteiger partial charge is 0 e. The van der Waals surface area contributed by atoms with Crippen LogP contribution in [0.4, 0.5) is 0 Å². The van der Waals surface area contributed by atoms with Gasteiger partial charge in [-0.3, -0.25) is 0 Å². The topological polar surface area (TPSA) is 0 Å². The Bertz CT molecular complexity index is 4.85. The van der Waals surface area contributed by atoms with Gasteiger partial charge < -0.3 is 0 Å². The second-order valence-electron chi connectivity index (χ2n) is 0. The molecule has 18 valence electrons. The quantitative estimate of drug-likeness (QED) is 0.335. The molecule has 0 spiro atoms. The average molecular weight is 698 g/mol. The fourth-order valence-corrected chi connectivity index (χ4v) is 0. The molecule has 0 saturated heterocycles. The van der Waals surface area contributed by atoms with Crippen molar-refractivity contribution in [3.8, 4) is 0 Å².